The van der Waals surface area contributed by atoms with Gasteiger partial charge in [0.15, 0.2) is 5.12 Å². The summed E-state index contributed by atoms with van der Waals surface area (Å²) in [7, 11) is 0. The number of unbranched alkanes of at least 4 members (excludes halogenated alkanes) is 1. The molecule has 0 aliphatic carbocycles. The zero-order chi connectivity index (χ0) is 14.1. The number of hydrogen-bond donors (Lipinski definition) is 0. The van der Waals surface area contributed by atoms with Crippen molar-refractivity contribution in [3.05, 3.63) is 35.9 Å². The van der Waals surface area contributed by atoms with Crippen LogP contribution in [-0.4, -0.2) is 34.6 Å². The summed E-state index contributed by atoms with van der Waals surface area (Å²) in [5, 5.41) is 0.0904. The van der Waals surface area contributed by atoms with Crippen molar-refractivity contribution in [1.29, 1.82) is 0 Å². The number of carbonyl (C=O) groups excluding carboxylic acids is 3. The molecule has 1 aromatic rings. The van der Waals surface area contributed by atoms with E-state index < -0.39 is 0 Å². The SMILES string of the molecule is CC(=O)SCCCCN(C=O)C(=O)c1ccccc1. The van der Waals surface area contributed by atoms with Crippen LogP contribution in [0.1, 0.15) is 30.1 Å². The Morgan fingerprint density at radius 3 is 2.47 bits per heavy atom. The first-order valence-corrected chi connectivity index (χ1v) is 7.08. The van der Waals surface area contributed by atoms with Gasteiger partial charge in [0.25, 0.3) is 5.91 Å². The predicted octanol–water partition coefficient (Wildman–Crippen LogP) is 2.35. The lowest BCUT2D eigenvalue weighted by molar-refractivity contribution is -0.116. The molecule has 0 unspecified atom stereocenters. The lowest BCUT2D eigenvalue weighted by Crippen LogP contribution is -2.30. The van der Waals surface area contributed by atoms with Gasteiger partial charge in [0.05, 0.1) is 0 Å². The lowest BCUT2D eigenvalue weighted by atomic mass is 10.2. The summed E-state index contributed by atoms with van der Waals surface area (Å²) in [6, 6.07) is 8.72. The van der Waals surface area contributed by atoms with Crippen molar-refractivity contribution in [1.82, 2.24) is 4.90 Å². The molecule has 2 amide bonds. The standard InChI is InChI=1S/C14H17NO3S/c1-12(17)19-10-6-5-9-15(11-16)14(18)13-7-3-2-4-8-13/h2-4,7-8,11H,5-6,9-10H2,1H3. The molecule has 4 nitrogen and oxygen atoms in total. The van der Waals surface area contributed by atoms with Gasteiger partial charge in [-0.15, -0.1) is 0 Å². The topological polar surface area (TPSA) is 54.5 Å². The number of carbonyl (C=O) groups is 3. The van der Waals surface area contributed by atoms with E-state index in [9.17, 15) is 14.4 Å². The molecule has 0 bridgehead atoms. The van der Waals surface area contributed by atoms with Gasteiger partial charge < -0.3 is 0 Å². The Morgan fingerprint density at radius 1 is 1.21 bits per heavy atom. The number of benzene rings is 1. The highest BCUT2D eigenvalue weighted by atomic mass is 32.2. The van der Waals surface area contributed by atoms with Crippen molar-refractivity contribution in [2.75, 3.05) is 12.3 Å². The molecule has 1 rings (SSSR count). The van der Waals surface area contributed by atoms with Gasteiger partial charge in [0.2, 0.25) is 6.41 Å². The third-order valence-electron chi connectivity index (χ3n) is 2.51. The van der Waals surface area contributed by atoms with E-state index in [4.69, 9.17) is 0 Å². The fourth-order valence-corrected chi connectivity index (χ4v) is 2.18. The van der Waals surface area contributed by atoms with Crippen molar-refractivity contribution < 1.29 is 14.4 Å². The Morgan fingerprint density at radius 2 is 1.89 bits per heavy atom. The zero-order valence-electron chi connectivity index (χ0n) is 10.9. The first-order chi connectivity index (χ1) is 9.15. The van der Waals surface area contributed by atoms with Gasteiger partial charge in [0.1, 0.15) is 0 Å². The number of thioether (sulfide) groups is 1. The van der Waals surface area contributed by atoms with Crippen LogP contribution in [0.25, 0.3) is 0 Å². The van der Waals surface area contributed by atoms with E-state index in [1.807, 2.05) is 6.07 Å². The van der Waals surface area contributed by atoms with Crippen molar-refractivity contribution in [3.63, 3.8) is 0 Å². The molecule has 1 aromatic carbocycles. The summed E-state index contributed by atoms with van der Waals surface area (Å²) in [6.07, 6.45) is 2.07. The van der Waals surface area contributed by atoms with Gasteiger partial charge in [0, 0.05) is 24.8 Å². The fourth-order valence-electron chi connectivity index (χ4n) is 1.55. The van der Waals surface area contributed by atoms with Crippen LogP contribution >= 0.6 is 11.8 Å². The molecule has 0 saturated heterocycles. The van der Waals surface area contributed by atoms with E-state index in [0.717, 1.165) is 12.2 Å². The van der Waals surface area contributed by atoms with E-state index in [-0.39, 0.29) is 11.0 Å². The number of amides is 2. The van der Waals surface area contributed by atoms with Gasteiger partial charge in [-0.25, -0.2) is 0 Å². The van der Waals surface area contributed by atoms with Crippen LogP contribution in [0.2, 0.25) is 0 Å². The number of hydrogen-bond acceptors (Lipinski definition) is 4. The summed E-state index contributed by atoms with van der Waals surface area (Å²) < 4.78 is 0. The van der Waals surface area contributed by atoms with Crippen LogP contribution in [0.4, 0.5) is 0 Å². The van der Waals surface area contributed by atoms with E-state index in [0.29, 0.717) is 24.9 Å². The van der Waals surface area contributed by atoms with Crippen LogP contribution in [-0.2, 0) is 9.59 Å². The maximum absolute atomic E-state index is 12.0. The molecule has 0 fully saturated rings. The Labute approximate surface area is 117 Å². The van der Waals surface area contributed by atoms with Gasteiger partial charge in [-0.1, -0.05) is 30.0 Å². The quantitative estimate of drug-likeness (QED) is 0.568. The highest BCUT2D eigenvalue weighted by Crippen LogP contribution is 2.08. The Kier molecular flexibility index (Phi) is 6.89. The first kappa shape index (κ1) is 15.4. The lowest BCUT2D eigenvalue weighted by Gasteiger charge is -2.15. The molecule has 0 aliphatic rings. The maximum Gasteiger partial charge on any atom is 0.260 e. The average molecular weight is 279 g/mol. The summed E-state index contributed by atoms with van der Waals surface area (Å²) in [6.45, 7) is 1.91. The van der Waals surface area contributed by atoms with E-state index >= 15 is 0 Å². The molecule has 0 spiro atoms. The number of rotatable bonds is 7. The molecule has 0 N–H and O–H groups in total. The largest absolute Gasteiger partial charge is 0.288 e. The van der Waals surface area contributed by atoms with Crippen molar-refractivity contribution in [2.45, 2.75) is 19.8 Å². The molecule has 19 heavy (non-hydrogen) atoms. The molecule has 0 atom stereocenters. The Bertz CT molecular complexity index is 434. The van der Waals surface area contributed by atoms with Crippen molar-refractivity contribution in [2.24, 2.45) is 0 Å². The van der Waals surface area contributed by atoms with Crippen molar-refractivity contribution >= 4 is 29.2 Å². The highest BCUT2D eigenvalue weighted by Gasteiger charge is 2.13. The first-order valence-electron chi connectivity index (χ1n) is 6.10. The van der Waals surface area contributed by atoms with Crippen molar-refractivity contribution in [3.8, 4) is 0 Å². The smallest absolute Gasteiger partial charge is 0.260 e. The van der Waals surface area contributed by atoms with Gasteiger partial charge >= 0.3 is 0 Å². The summed E-state index contributed by atoms with van der Waals surface area (Å²) in [4.78, 5) is 34.8. The summed E-state index contributed by atoms with van der Waals surface area (Å²) in [5.74, 6) is 0.441. The second-order valence-corrected chi connectivity index (χ2v) is 5.29. The number of nitrogens with zero attached hydrogens (tertiary/aromatic N) is 1. The molecular weight excluding hydrogens is 262 g/mol. The monoisotopic (exact) mass is 279 g/mol. The minimum atomic E-state index is -0.283. The molecule has 0 aromatic heterocycles. The molecule has 0 radical (unpaired) electrons. The molecular formula is C14H17NO3S. The van der Waals surface area contributed by atoms with Gasteiger partial charge in [-0.2, -0.15) is 0 Å². The second-order valence-electron chi connectivity index (χ2n) is 4.02. The summed E-state index contributed by atoms with van der Waals surface area (Å²) >= 11 is 1.26. The van der Waals surface area contributed by atoms with Crippen LogP contribution in [0.5, 0.6) is 0 Å². The van der Waals surface area contributed by atoms with Crippen LogP contribution in [0.3, 0.4) is 0 Å². The Balaban J connectivity index is 2.39. The van der Waals surface area contributed by atoms with Crippen LogP contribution < -0.4 is 0 Å². The molecule has 5 heteroatoms. The van der Waals surface area contributed by atoms with Crippen LogP contribution in [0.15, 0.2) is 30.3 Å². The zero-order valence-corrected chi connectivity index (χ0v) is 11.7. The highest BCUT2D eigenvalue weighted by molar-refractivity contribution is 8.13. The third-order valence-corrected chi connectivity index (χ3v) is 3.41. The van der Waals surface area contributed by atoms with Crippen LogP contribution in [0, 0.1) is 0 Å². The minimum absolute atomic E-state index is 0.0904. The predicted molar refractivity (Wildman–Crippen MR) is 75.9 cm³/mol. The third kappa shape index (κ3) is 5.70. The Hall–Kier alpha value is -1.62. The average Bonchev–Trinajstić information content (AvgIpc) is 2.43. The fraction of sp³-hybridized carbons (Fsp3) is 0.357. The molecule has 0 saturated carbocycles. The van der Waals surface area contributed by atoms with E-state index in [1.54, 1.807) is 24.3 Å². The van der Waals surface area contributed by atoms with Gasteiger partial charge in [-0.05, 0) is 25.0 Å². The maximum atomic E-state index is 12.0. The molecule has 0 heterocycles. The van der Waals surface area contributed by atoms with E-state index in [2.05, 4.69) is 0 Å². The summed E-state index contributed by atoms with van der Waals surface area (Å²) in [5.41, 5.74) is 0.507. The minimum Gasteiger partial charge on any atom is -0.288 e. The molecule has 0 aliphatic heterocycles. The van der Waals surface area contributed by atoms with E-state index in [1.165, 1.54) is 23.6 Å². The number of imide groups is 1. The second kappa shape index (κ2) is 8.48. The normalized spacial score (nSPS) is 9.95. The molecule has 102 valence electrons. The van der Waals surface area contributed by atoms with Gasteiger partial charge in [-0.3, -0.25) is 19.3 Å².